The number of imidazole rings is 1. The first-order chi connectivity index (χ1) is 14.6. The molecule has 0 fully saturated rings. The number of hydrogen-bond acceptors (Lipinski definition) is 5. The van der Waals surface area contributed by atoms with Crippen molar-refractivity contribution in [3.8, 4) is 5.75 Å². The second kappa shape index (κ2) is 11.1. The van der Waals surface area contributed by atoms with Gasteiger partial charge < -0.3 is 19.1 Å². The zero-order valence-corrected chi connectivity index (χ0v) is 17.9. The number of methoxy groups -OCH3 is 1. The van der Waals surface area contributed by atoms with Crippen molar-refractivity contribution in [1.82, 2.24) is 14.5 Å². The normalized spacial score (nSPS) is 14.4. The first-order valence-electron chi connectivity index (χ1n) is 9.90. The Hall–Kier alpha value is -2.59. The van der Waals surface area contributed by atoms with Crippen molar-refractivity contribution in [3.05, 3.63) is 47.5 Å². The number of fused-ring (bicyclic) bond motifs is 1. The first-order valence-corrected chi connectivity index (χ1v) is 9.90. The number of nitrogens with zero attached hydrogens (tertiary/aromatic N) is 3. The maximum absolute atomic E-state index is 10.6. The van der Waals surface area contributed by atoms with Crippen LogP contribution in [0.15, 0.2) is 30.6 Å². The van der Waals surface area contributed by atoms with Gasteiger partial charge in [0.2, 0.25) is 0 Å². The molecule has 2 heterocycles. The summed E-state index contributed by atoms with van der Waals surface area (Å²) >= 11 is 0. The molecule has 1 aliphatic rings. The number of aromatic nitrogens is 2. The largest absolute Gasteiger partial charge is 0.497 e. The van der Waals surface area contributed by atoms with Crippen molar-refractivity contribution >= 4 is 5.97 Å². The van der Waals surface area contributed by atoms with Crippen LogP contribution in [0.2, 0.25) is 0 Å². The van der Waals surface area contributed by atoms with Crippen LogP contribution in [-0.4, -0.2) is 51.5 Å². The summed E-state index contributed by atoms with van der Waals surface area (Å²) in [5.74, 6) is -1.85. The number of carbonyl (C=O) groups is 1. The summed E-state index contributed by atoms with van der Waals surface area (Å²) in [4.78, 5) is 16.0. The van der Waals surface area contributed by atoms with Gasteiger partial charge in [0, 0.05) is 26.2 Å². The molecule has 31 heavy (non-hydrogen) atoms. The fourth-order valence-corrected chi connectivity index (χ4v) is 3.07. The Morgan fingerprint density at radius 3 is 2.42 bits per heavy atom. The van der Waals surface area contributed by atoms with Crippen LogP contribution in [0.1, 0.15) is 37.2 Å². The third-order valence-electron chi connectivity index (χ3n) is 4.64. The highest BCUT2D eigenvalue weighted by Crippen LogP contribution is 2.20. The van der Waals surface area contributed by atoms with Crippen molar-refractivity contribution in [2.75, 3.05) is 13.7 Å². The number of aliphatic carboxylic acids is 1. The Bertz CT molecular complexity index is 835. The van der Waals surface area contributed by atoms with Gasteiger partial charge in [-0.1, -0.05) is 12.1 Å². The maximum Gasteiger partial charge on any atom is 0.490 e. The molecule has 10 heteroatoms. The van der Waals surface area contributed by atoms with Crippen LogP contribution in [0.25, 0.3) is 0 Å². The Labute approximate surface area is 179 Å². The number of carboxylic acids is 1. The van der Waals surface area contributed by atoms with Gasteiger partial charge in [-0.25, -0.2) is 9.78 Å². The lowest BCUT2D eigenvalue weighted by molar-refractivity contribution is -0.192. The molecular weight excluding hydrogens is 415 g/mol. The summed E-state index contributed by atoms with van der Waals surface area (Å²) in [6, 6.07) is 8.34. The fraction of sp³-hybridized carbons (Fsp3) is 0.524. The lowest BCUT2D eigenvalue weighted by Gasteiger charge is -2.20. The summed E-state index contributed by atoms with van der Waals surface area (Å²) in [6.07, 6.45) is -1.75. The van der Waals surface area contributed by atoms with E-state index >= 15 is 0 Å². The molecule has 0 saturated carbocycles. The average molecular weight is 443 g/mol. The fourth-order valence-electron chi connectivity index (χ4n) is 3.07. The standard InChI is InChI=1S/C19H27N3O2.C2HF3O2/c1-15(2)24-13-18-19-12-21(9-4-10-22(19)14-20-18)11-16-5-7-17(23-3)8-6-16;3-2(4,5)1(6)7/h5-8,14-15H,4,9-13H2,1-3H3;(H,6,7). The van der Waals surface area contributed by atoms with Crippen LogP contribution in [0.4, 0.5) is 13.2 Å². The molecule has 1 aromatic heterocycles. The van der Waals surface area contributed by atoms with Crippen LogP contribution >= 0.6 is 0 Å². The van der Waals surface area contributed by atoms with Gasteiger partial charge in [0.25, 0.3) is 0 Å². The number of halogens is 3. The number of ether oxygens (including phenoxy) is 2. The summed E-state index contributed by atoms with van der Waals surface area (Å²) < 4.78 is 45.0. The molecule has 3 rings (SSSR count). The van der Waals surface area contributed by atoms with Crippen LogP contribution in [-0.2, 0) is 35.8 Å². The number of benzene rings is 1. The quantitative estimate of drug-likeness (QED) is 0.731. The van der Waals surface area contributed by atoms with E-state index in [4.69, 9.17) is 19.4 Å². The second-order valence-electron chi connectivity index (χ2n) is 7.41. The lowest BCUT2D eigenvalue weighted by atomic mass is 10.2. The Kier molecular flexibility index (Phi) is 8.88. The summed E-state index contributed by atoms with van der Waals surface area (Å²) in [5.41, 5.74) is 3.68. The van der Waals surface area contributed by atoms with Crippen molar-refractivity contribution in [1.29, 1.82) is 0 Å². The predicted molar refractivity (Wildman–Crippen MR) is 108 cm³/mol. The Morgan fingerprint density at radius 1 is 1.23 bits per heavy atom. The van der Waals surface area contributed by atoms with Gasteiger partial charge in [-0.15, -0.1) is 0 Å². The van der Waals surface area contributed by atoms with Gasteiger partial charge in [0.1, 0.15) is 5.75 Å². The van der Waals surface area contributed by atoms with Gasteiger partial charge in [-0.05, 0) is 38.0 Å². The van der Waals surface area contributed by atoms with Gasteiger partial charge in [0.05, 0.1) is 37.5 Å². The smallest absolute Gasteiger partial charge is 0.490 e. The van der Waals surface area contributed by atoms with E-state index in [9.17, 15) is 13.2 Å². The maximum atomic E-state index is 10.6. The molecule has 1 aliphatic heterocycles. The number of alkyl halides is 3. The number of rotatable bonds is 6. The van der Waals surface area contributed by atoms with Gasteiger partial charge >= 0.3 is 12.1 Å². The van der Waals surface area contributed by atoms with Gasteiger partial charge in [0.15, 0.2) is 0 Å². The number of aryl methyl sites for hydroxylation is 1. The molecule has 0 amide bonds. The zero-order valence-electron chi connectivity index (χ0n) is 17.9. The molecule has 0 atom stereocenters. The van der Waals surface area contributed by atoms with E-state index in [0.717, 1.165) is 44.0 Å². The average Bonchev–Trinajstić information content (AvgIpc) is 2.96. The molecule has 1 N–H and O–H groups in total. The predicted octanol–water partition coefficient (Wildman–Crippen LogP) is 3.86. The van der Waals surface area contributed by atoms with E-state index in [1.54, 1.807) is 7.11 Å². The molecule has 2 aromatic rings. The number of hydrogen-bond donors (Lipinski definition) is 1. The SMILES string of the molecule is COc1ccc(CN2CCCn3cnc(COC(C)C)c3C2)cc1.O=C(O)C(F)(F)F. The minimum atomic E-state index is -5.08. The van der Waals surface area contributed by atoms with E-state index in [1.807, 2.05) is 18.5 Å². The third-order valence-corrected chi connectivity index (χ3v) is 4.64. The monoisotopic (exact) mass is 443 g/mol. The number of carboxylic acid groups (broad SMARTS) is 1. The molecule has 7 nitrogen and oxygen atoms in total. The first kappa shape index (κ1) is 24.7. The van der Waals surface area contributed by atoms with E-state index in [2.05, 4.69) is 40.4 Å². The minimum absolute atomic E-state index is 0.225. The minimum Gasteiger partial charge on any atom is -0.497 e. The molecule has 172 valence electrons. The lowest BCUT2D eigenvalue weighted by Crippen LogP contribution is -2.23. The molecule has 0 unspecified atom stereocenters. The summed E-state index contributed by atoms with van der Waals surface area (Å²) in [5, 5.41) is 7.12. The molecule has 0 bridgehead atoms. The van der Waals surface area contributed by atoms with Crippen molar-refractivity contribution < 1.29 is 32.5 Å². The topological polar surface area (TPSA) is 76.8 Å². The molecule has 0 radical (unpaired) electrons. The second-order valence-corrected chi connectivity index (χ2v) is 7.41. The van der Waals surface area contributed by atoms with Crippen LogP contribution in [0.5, 0.6) is 5.75 Å². The van der Waals surface area contributed by atoms with Crippen molar-refractivity contribution in [3.63, 3.8) is 0 Å². The molecule has 1 aromatic carbocycles. The van der Waals surface area contributed by atoms with Crippen LogP contribution < -0.4 is 4.74 Å². The zero-order chi connectivity index (χ0) is 23.0. The van der Waals surface area contributed by atoms with Crippen molar-refractivity contribution in [2.45, 2.75) is 58.8 Å². The molecule has 0 spiro atoms. The van der Waals surface area contributed by atoms with E-state index in [-0.39, 0.29) is 6.10 Å². The van der Waals surface area contributed by atoms with E-state index in [0.29, 0.717) is 6.61 Å². The highest BCUT2D eigenvalue weighted by atomic mass is 19.4. The highest BCUT2D eigenvalue weighted by molar-refractivity contribution is 5.73. The molecular formula is C21H28F3N3O4. The van der Waals surface area contributed by atoms with Crippen molar-refractivity contribution in [2.24, 2.45) is 0 Å². The summed E-state index contributed by atoms with van der Waals surface area (Å²) in [6.45, 7) is 8.70. The Balaban J connectivity index is 0.000000423. The highest BCUT2D eigenvalue weighted by Gasteiger charge is 2.38. The molecule has 0 aliphatic carbocycles. The summed E-state index contributed by atoms with van der Waals surface area (Å²) in [7, 11) is 1.70. The van der Waals surface area contributed by atoms with Gasteiger partial charge in [-0.3, -0.25) is 4.90 Å². The van der Waals surface area contributed by atoms with Crippen LogP contribution in [0, 0.1) is 0 Å². The van der Waals surface area contributed by atoms with E-state index in [1.165, 1.54) is 11.3 Å². The third kappa shape index (κ3) is 7.87. The van der Waals surface area contributed by atoms with Crippen LogP contribution in [0.3, 0.4) is 0 Å². The Morgan fingerprint density at radius 2 is 1.87 bits per heavy atom. The van der Waals surface area contributed by atoms with E-state index < -0.39 is 12.1 Å². The van der Waals surface area contributed by atoms with Gasteiger partial charge in [-0.2, -0.15) is 13.2 Å². The molecule has 0 saturated heterocycles.